The van der Waals surface area contributed by atoms with Crippen LogP contribution in [0.5, 0.6) is 11.5 Å². The predicted octanol–water partition coefficient (Wildman–Crippen LogP) is 7.37. The van der Waals surface area contributed by atoms with E-state index in [2.05, 4.69) is 10.3 Å². The topological polar surface area (TPSA) is 34.1 Å². The molecule has 0 aliphatic rings. The maximum absolute atomic E-state index is 13.2. The van der Waals surface area contributed by atoms with E-state index in [1.54, 1.807) is 12.3 Å². The van der Waals surface area contributed by atoms with Crippen molar-refractivity contribution in [2.75, 3.05) is 5.32 Å². The lowest BCUT2D eigenvalue weighted by Gasteiger charge is -2.16. The molecule has 8 heteroatoms. The number of fused-ring (bicyclic) bond motifs is 1. The number of nitrogens with one attached hydrogen (secondary N) is 1. The molecule has 0 aliphatic heterocycles. The van der Waals surface area contributed by atoms with E-state index in [1.807, 2.05) is 36.4 Å². The minimum Gasteiger partial charge on any atom is -0.455 e. The SMILES string of the molecule is FC(F)(F)c1ccc(Oc2ccc3ccccc3c2)c(NCc2cnc(Cl)s2)c1. The van der Waals surface area contributed by atoms with Gasteiger partial charge < -0.3 is 10.1 Å². The highest BCUT2D eigenvalue weighted by Crippen LogP contribution is 2.37. The molecule has 4 aromatic rings. The molecule has 0 aliphatic carbocycles. The lowest BCUT2D eigenvalue weighted by Crippen LogP contribution is -2.07. The van der Waals surface area contributed by atoms with E-state index in [-0.39, 0.29) is 12.2 Å². The van der Waals surface area contributed by atoms with Gasteiger partial charge in [0.05, 0.1) is 17.8 Å². The van der Waals surface area contributed by atoms with Crippen LogP contribution in [0.15, 0.2) is 66.9 Å². The third kappa shape index (κ3) is 4.63. The van der Waals surface area contributed by atoms with Gasteiger partial charge >= 0.3 is 6.18 Å². The molecule has 0 saturated carbocycles. The second kappa shape index (κ2) is 7.93. The van der Waals surface area contributed by atoms with Gasteiger partial charge in [0.2, 0.25) is 0 Å². The van der Waals surface area contributed by atoms with Crippen LogP contribution in [0.2, 0.25) is 4.47 Å². The molecule has 3 aromatic carbocycles. The Morgan fingerprint density at radius 3 is 2.52 bits per heavy atom. The second-order valence-electron chi connectivity index (χ2n) is 6.25. The summed E-state index contributed by atoms with van der Waals surface area (Å²) >= 11 is 7.08. The van der Waals surface area contributed by atoms with Crippen molar-refractivity contribution in [3.05, 3.63) is 81.8 Å². The number of halogens is 4. The number of hydrogen-bond donors (Lipinski definition) is 1. The van der Waals surface area contributed by atoms with Gasteiger partial charge in [-0.05, 0) is 41.1 Å². The average Bonchev–Trinajstić information content (AvgIpc) is 3.11. The van der Waals surface area contributed by atoms with Crippen molar-refractivity contribution in [1.29, 1.82) is 0 Å². The van der Waals surface area contributed by atoms with Crippen LogP contribution in [0.3, 0.4) is 0 Å². The first kappa shape index (κ1) is 19.5. The van der Waals surface area contributed by atoms with Crippen LogP contribution in [-0.2, 0) is 12.7 Å². The minimum atomic E-state index is -4.45. The molecule has 1 aromatic heterocycles. The number of ether oxygens (including phenoxy) is 1. The molecule has 148 valence electrons. The number of hydrogen-bond acceptors (Lipinski definition) is 4. The van der Waals surface area contributed by atoms with Gasteiger partial charge in [0.25, 0.3) is 0 Å². The number of rotatable bonds is 5. The Kier molecular flexibility index (Phi) is 5.34. The molecule has 29 heavy (non-hydrogen) atoms. The van der Waals surface area contributed by atoms with Crippen molar-refractivity contribution < 1.29 is 17.9 Å². The summed E-state index contributed by atoms with van der Waals surface area (Å²) in [6.45, 7) is 0.278. The predicted molar refractivity (Wildman–Crippen MR) is 110 cm³/mol. The molecule has 0 atom stereocenters. The van der Waals surface area contributed by atoms with E-state index >= 15 is 0 Å². The summed E-state index contributed by atoms with van der Waals surface area (Å²) in [4.78, 5) is 4.73. The second-order valence-corrected chi connectivity index (χ2v) is 7.95. The number of thiazole rings is 1. The normalized spacial score (nSPS) is 11.6. The van der Waals surface area contributed by atoms with Crippen LogP contribution in [-0.4, -0.2) is 4.98 Å². The average molecular weight is 435 g/mol. The number of nitrogens with zero attached hydrogens (tertiary/aromatic N) is 1. The third-order valence-corrected chi connectivity index (χ3v) is 5.35. The van der Waals surface area contributed by atoms with Crippen LogP contribution in [0.4, 0.5) is 18.9 Å². The zero-order valence-electron chi connectivity index (χ0n) is 14.8. The van der Waals surface area contributed by atoms with Crippen molar-refractivity contribution in [3.8, 4) is 11.5 Å². The van der Waals surface area contributed by atoms with Gasteiger partial charge in [0.15, 0.2) is 10.2 Å². The zero-order valence-corrected chi connectivity index (χ0v) is 16.4. The molecule has 1 heterocycles. The molecule has 3 nitrogen and oxygen atoms in total. The number of aromatic nitrogens is 1. The Labute approximate surface area is 173 Å². The van der Waals surface area contributed by atoms with Crippen LogP contribution < -0.4 is 10.1 Å². The monoisotopic (exact) mass is 434 g/mol. The summed E-state index contributed by atoms with van der Waals surface area (Å²) in [6, 6.07) is 16.7. The number of anilines is 1. The standard InChI is InChI=1S/C21H14ClF3N2OS/c22-20-27-12-17(29-20)11-26-18-10-15(21(23,24)25)6-8-19(18)28-16-7-5-13-3-1-2-4-14(13)9-16/h1-10,12,26H,11H2. The highest BCUT2D eigenvalue weighted by molar-refractivity contribution is 7.15. The fourth-order valence-corrected chi connectivity index (χ4v) is 3.76. The highest BCUT2D eigenvalue weighted by Gasteiger charge is 2.31. The molecular formula is C21H14ClF3N2OS. The first-order valence-electron chi connectivity index (χ1n) is 8.60. The number of alkyl halides is 3. The molecule has 4 rings (SSSR count). The van der Waals surface area contributed by atoms with Crippen LogP contribution in [0.25, 0.3) is 10.8 Å². The molecule has 0 bridgehead atoms. The Hall–Kier alpha value is -2.77. The van der Waals surface area contributed by atoms with Crippen LogP contribution >= 0.6 is 22.9 Å². The summed E-state index contributed by atoms with van der Waals surface area (Å²) in [6.07, 6.45) is -2.87. The Morgan fingerprint density at radius 2 is 1.79 bits per heavy atom. The largest absolute Gasteiger partial charge is 0.455 e. The molecule has 0 saturated heterocycles. The van der Waals surface area contributed by atoms with Gasteiger partial charge in [-0.1, -0.05) is 41.9 Å². The molecule has 0 fully saturated rings. The van der Waals surface area contributed by atoms with Crippen molar-refractivity contribution in [1.82, 2.24) is 4.98 Å². The molecular weight excluding hydrogens is 421 g/mol. The van der Waals surface area contributed by atoms with E-state index in [0.29, 0.717) is 16.0 Å². The lowest BCUT2D eigenvalue weighted by molar-refractivity contribution is -0.137. The fourth-order valence-electron chi connectivity index (χ4n) is 2.84. The minimum absolute atomic E-state index is 0.234. The maximum atomic E-state index is 13.2. The molecule has 0 unspecified atom stereocenters. The summed E-state index contributed by atoms with van der Waals surface area (Å²) in [5.74, 6) is 0.830. The summed E-state index contributed by atoms with van der Waals surface area (Å²) < 4.78 is 45.8. The summed E-state index contributed by atoms with van der Waals surface area (Å²) in [5.41, 5.74) is -0.522. The van der Waals surface area contributed by atoms with Gasteiger partial charge in [-0.2, -0.15) is 13.2 Å². The molecule has 0 spiro atoms. The third-order valence-electron chi connectivity index (χ3n) is 4.23. The zero-order chi connectivity index (χ0) is 20.4. The van der Waals surface area contributed by atoms with E-state index in [4.69, 9.17) is 16.3 Å². The van der Waals surface area contributed by atoms with E-state index in [1.165, 1.54) is 17.4 Å². The van der Waals surface area contributed by atoms with E-state index < -0.39 is 11.7 Å². The first-order valence-corrected chi connectivity index (χ1v) is 9.80. The Bertz CT molecular complexity index is 1160. The summed E-state index contributed by atoms with van der Waals surface area (Å²) in [5, 5.41) is 5.03. The molecule has 1 N–H and O–H groups in total. The van der Waals surface area contributed by atoms with E-state index in [9.17, 15) is 13.2 Å². The van der Waals surface area contributed by atoms with Crippen LogP contribution in [0, 0.1) is 0 Å². The van der Waals surface area contributed by atoms with Gasteiger partial charge in [-0.25, -0.2) is 4.98 Å². The summed E-state index contributed by atoms with van der Waals surface area (Å²) in [7, 11) is 0. The van der Waals surface area contributed by atoms with Gasteiger partial charge in [0, 0.05) is 11.1 Å². The van der Waals surface area contributed by atoms with Gasteiger partial charge in [0.1, 0.15) is 5.75 Å². The lowest BCUT2D eigenvalue weighted by atomic mass is 10.1. The van der Waals surface area contributed by atoms with E-state index in [0.717, 1.165) is 27.8 Å². The first-order chi connectivity index (χ1) is 13.9. The quantitative estimate of drug-likeness (QED) is 0.356. The van der Waals surface area contributed by atoms with Crippen LogP contribution in [0.1, 0.15) is 10.4 Å². The smallest absolute Gasteiger partial charge is 0.416 e. The van der Waals surface area contributed by atoms with Gasteiger partial charge in [-0.15, -0.1) is 11.3 Å². The van der Waals surface area contributed by atoms with Crippen molar-refractivity contribution >= 4 is 39.4 Å². The van der Waals surface area contributed by atoms with Crippen molar-refractivity contribution in [2.45, 2.75) is 12.7 Å². The molecule has 0 amide bonds. The van der Waals surface area contributed by atoms with Crippen molar-refractivity contribution in [2.24, 2.45) is 0 Å². The number of benzene rings is 3. The van der Waals surface area contributed by atoms with Crippen molar-refractivity contribution in [3.63, 3.8) is 0 Å². The van der Waals surface area contributed by atoms with Gasteiger partial charge in [-0.3, -0.25) is 0 Å². The fraction of sp³-hybridized carbons (Fsp3) is 0.0952. The maximum Gasteiger partial charge on any atom is 0.416 e. The Balaban J connectivity index is 1.64. The molecule has 0 radical (unpaired) electrons. The highest BCUT2D eigenvalue weighted by atomic mass is 35.5. The Morgan fingerprint density at radius 1 is 1.00 bits per heavy atom.